The van der Waals surface area contributed by atoms with E-state index in [4.69, 9.17) is 5.73 Å². The summed E-state index contributed by atoms with van der Waals surface area (Å²) < 4.78 is 0. The lowest BCUT2D eigenvalue weighted by Crippen LogP contribution is -2.13. The van der Waals surface area contributed by atoms with Crippen LogP contribution in [0.15, 0.2) is 43.0 Å². The van der Waals surface area contributed by atoms with Crippen LogP contribution in [-0.4, -0.2) is 9.97 Å². The molecular formula is C12H13N3. The van der Waals surface area contributed by atoms with Gasteiger partial charge in [-0.25, -0.2) is 9.97 Å². The van der Waals surface area contributed by atoms with Crippen molar-refractivity contribution in [3.8, 4) is 0 Å². The Kier molecular flexibility index (Phi) is 2.74. The van der Waals surface area contributed by atoms with Crippen LogP contribution < -0.4 is 5.73 Å². The highest BCUT2D eigenvalue weighted by Crippen LogP contribution is 2.20. The fourth-order valence-corrected chi connectivity index (χ4v) is 1.59. The fraction of sp³-hybridized carbons (Fsp3) is 0.167. The van der Waals surface area contributed by atoms with Gasteiger partial charge in [-0.15, -0.1) is 0 Å². The van der Waals surface area contributed by atoms with Gasteiger partial charge in [-0.1, -0.05) is 24.3 Å². The first-order chi connectivity index (χ1) is 7.29. The molecule has 0 spiro atoms. The molecule has 3 nitrogen and oxygen atoms in total. The maximum atomic E-state index is 6.14. The molecule has 76 valence electrons. The molecule has 0 saturated carbocycles. The first-order valence-corrected chi connectivity index (χ1v) is 4.85. The molecule has 1 aromatic carbocycles. The summed E-state index contributed by atoms with van der Waals surface area (Å²) >= 11 is 0. The van der Waals surface area contributed by atoms with E-state index in [1.165, 1.54) is 11.9 Å². The first-order valence-electron chi connectivity index (χ1n) is 4.85. The van der Waals surface area contributed by atoms with Gasteiger partial charge in [-0.2, -0.15) is 0 Å². The van der Waals surface area contributed by atoms with E-state index in [0.29, 0.717) is 0 Å². The first kappa shape index (κ1) is 9.80. The van der Waals surface area contributed by atoms with Crippen molar-refractivity contribution in [1.82, 2.24) is 9.97 Å². The van der Waals surface area contributed by atoms with Gasteiger partial charge < -0.3 is 5.73 Å². The van der Waals surface area contributed by atoms with Crippen LogP contribution in [0.2, 0.25) is 0 Å². The van der Waals surface area contributed by atoms with E-state index in [0.717, 1.165) is 11.1 Å². The minimum absolute atomic E-state index is 0.146. The summed E-state index contributed by atoms with van der Waals surface area (Å²) in [4.78, 5) is 7.94. The lowest BCUT2D eigenvalue weighted by molar-refractivity contribution is 0.842. The third-order valence-electron chi connectivity index (χ3n) is 2.46. The molecule has 0 fully saturated rings. The van der Waals surface area contributed by atoms with E-state index in [-0.39, 0.29) is 6.04 Å². The number of hydrogen-bond acceptors (Lipinski definition) is 3. The Balaban J connectivity index is 2.37. The Bertz CT molecular complexity index is 440. The quantitative estimate of drug-likeness (QED) is 0.802. The number of nitrogens with zero attached hydrogens (tertiary/aromatic N) is 2. The zero-order chi connectivity index (χ0) is 10.7. The van der Waals surface area contributed by atoms with Crippen molar-refractivity contribution < 1.29 is 0 Å². The minimum Gasteiger partial charge on any atom is -0.320 e. The minimum atomic E-state index is -0.146. The van der Waals surface area contributed by atoms with Gasteiger partial charge in [0.05, 0.1) is 6.04 Å². The highest BCUT2D eigenvalue weighted by atomic mass is 14.8. The normalized spacial score (nSPS) is 12.4. The molecule has 0 bridgehead atoms. The van der Waals surface area contributed by atoms with Crippen molar-refractivity contribution in [3.05, 3.63) is 59.7 Å². The summed E-state index contributed by atoms with van der Waals surface area (Å²) in [6.07, 6.45) is 5.02. The van der Waals surface area contributed by atoms with Crippen molar-refractivity contribution in [3.63, 3.8) is 0 Å². The average molecular weight is 199 g/mol. The number of aromatic nitrogens is 2. The van der Waals surface area contributed by atoms with Gasteiger partial charge in [-0.05, 0) is 18.1 Å². The van der Waals surface area contributed by atoms with Crippen LogP contribution in [0.4, 0.5) is 0 Å². The molecule has 2 N–H and O–H groups in total. The van der Waals surface area contributed by atoms with Crippen molar-refractivity contribution in [2.45, 2.75) is 13.0 Å². The lowest BCUT2D eigenvalue weighted by atomic mass is 9.98. The van der Waals surface area contributed by atoms with Crippen LogP contribution in [0.5, 0.6) is 0 Å². The second-order valence-electron chi connectivity index (χ2n) is 3.51. The molecule has 2 rings (SSSR count). The predicted molar refractivity (Wildman–Crippen MR) is 59.2 cm³/mol. The summed E-state index contributed by atoms with van der Waals surface area (Å²) in [5.41, 5.74) is 9.38. The third-order valence-corrected chi connectivity index (χ3v) is 2.46. The Hall–Kier alpha value is -1.74. The van der Waals surface area contributed by atoms with Gasteiger partial charge in [0.1, 0.15) is 6.33 Å². The van der Waals surface area contributed by atoms with Crippen LogP contribution in [0.25, 0.3) is 0 Å². The summed E-state index contributed by atoms with van der Waals surface area (Å²) in [5, 5.41) is 0. The van der Waals surface area contributed by atoms with Gasteiger partial charge in [-0.3, -0.25) is 0 Å². The van der Waals surface area contributed by atoms with Crippen LogP contribution in [-0.2, 0) is 0 Å². The van der Waals surface area contributed by atoms with Crippen LogP contribution >= 0.6 is 0 Å². The van der Waals surface area contributed by atoms with Crippen molar-refractivity contribution in [2.75, 3.05) is 0 Å². The van der Waals surface area contributed by atoms with E-state index in [2.05, 4.69) is 23.0 Å². The highest BCUT2D eigenvalue weighted by molar-refractivity contribution is 5.34. The molecule has 0 amide bonds. The average Bonchev–Trinajstić information content (AvgIpc) is 2.30. The molecule has 0 radical (unpaired) electrons. The van der Waals surface area contributed by atoms with E-state index in [9.17, 15) is 0 Å². The second kappa shape index (κ2) is 4.19. The maximum Gasteiger partial charge on any atom is 0.115 e. The van der Waals surface area contributed by atoms with Crippen LogP contribution in [0.3, 0.4) is 0 Å². The van der Waals surface area contributed by atoms with Gasteiger partial charge in [0, 0.05) is 18.0 Å². The zero-order valence-electron chi connectivity index (χ0n) is 8.59. The van der Waals surface area contributed by atoms with Crippen molar-refractivity contribution >= 4 is 0 Å². The summed E-state index contributed by atoms with van der Waals surface area (Å²) in [5.74, 6) is 0. The number of hydrogen-bond donors (Lipinski definition) is 1. The summed E-state index contributed by atoms with van der Waals surface area (Å²) in [7, 11) is 0. The Morgan fingerprint density at radius 3 is 2.47 bits per heavy atom. The molecule has 1 unspecified atom stereocenters. The van der Waals surface area contributed by atoms with E-state index >= 15 is 0 Å². The smallest absolute Gasteiger partial charge is 0.115 e. The molecular weight excluding hydrogens is 186 g/mol. The van der Waals surface area contributed by atoms with Crippen LogP contribution in [0.1, 0.15) is 22.7 Å². The largest absolute Gasteiger partial charge is 0.320 e. The third kappa shape index (κ3) is 2.02. The maximum absolute atomic E-state index is 6.14. The molecule has 1 heterocycles. The zero-order valence-corrected chi connectivity index (χ0v) is 8.59. The van der Waals surface area contributed by atoms with Gasteiger partial charge in [0.25, 0.3) is 0 Å². The second-order valence-corrected chi connectivity index (χ2v) is 3.51. The standard InChI is InChI=1S/C12H13N3/c1-9-4-2-3-5-11(9)12(13)10-6-14-8-15-7-10/h2-8,12H,13H2,1H3. The van der Waals surface area contributed by atoms with E-state index in [1.54, 1.807) is 12.4 Å². The summed E-state index contributed by atoms with van der Waals surface area (Å²) in [6.45, 7) is 2.05. The van der Waals surface area contributed by atoms with Crippen molar-refractivity contribution in [1.29, 1.82) is 0 Å². The highest BCUT2D eigenvalue weighted by Gasteiger charge is 2.10. The molecule has 1 atom stereocenters. The molecule has 0 aliphatic heterocycles. The molecule has 1 aromatic heterocycles. The number of nitrogens with two attached hydrogens (primary N) is 1. The Morgan fingerprint density at radius 2 is 1.80 bits per heavy atom. The Morgan fingerprint density at radius 1 is 1.13 bits per heavy atom. The topological polar surface area (TPSA) is 51.8 Å². The van der Waals surface area contributed by atoms with Gasteiger partial charge in [0.15, 0.2) is 0 Å². The molecule has 15 heavy (non-hydrogen) atoms. The SMILES string of the molecule is Cc1ccccc1C(N)c1cncnc1. The fourth-order valence-electron chi connectivity index (χ4n) is 1.59. The van der Waals surface area contributed by atoms with Crippen molar-refractivity contribution in [2.24, 2.45) is 5.73 Å². The molecule has 0 aliphatic rings. The lowest BCUT2D eigenvalue weighted by Gasteiger charge is -2.13. The number of aryl methyl sites for hydroxylation is 1. The van der Waals surface area contributed by atoms with Gasteiger partial charge >= 0.3 is 0 Å². The number of rotatable bonds is 2. The van der Waals surface area contributed by atoms with E-state index < -0.39 is 0 Å². The molecule has 3 heteroatoms. The van der Waals surface area contributed by atoms with Crippen LogP contribution in [0, 0.1) is 6.92 Å². The molecule has 2 aromatic rings. The van der Waals surface area contributed by atoms with E-state index in [1.807, 2.05) is 18.2 Å². The Labute approximate surface area is 89.0 Å². The van der Waals surface area contributed by atoms with Gasteiger partial charge in [0.2, 0.25) is 0 Å². The number of benzene rings is 1. The monoisotopic (exact) mass is 199 g/mol. The predicted octanol–water partition coefficient (Wildman–Crippen LogP) is 1.83. The molecule has 0 aliphatic carbocycles. The summed E-state index contributed by atoms with van der Waals surface area (Å²) in [6, 6.07) is 7.94. The molecule has 0 saturated heterocycles.